The Morgan fingerprint density at radius 3 is 2.85 bits per heavy atom. The number of hydrogen-bond donors (Lipinski definition) is 1. The minimum absolute atomic E-state index is 0.161. The molecule has 2 aromatic heterocycles. The number of carbonyl (C=O) groups is 1. The molecule has 1 amide bonds. The van der Waals surface area contributed by atoms with E-state index in [1.165, 1.54) is 0 Å². The van der Waals surface area contributed by atoms with E-state index in [4.69, 9.17) is 4.42 Å². The van der Waals surface area contributed by atoms with Crippen molar-refractivity contribution in [2.75, 3.05) is 0 Å². The van der Waals surface area contributed by atoms with E-state index in [1.807, 2.05) is 42.8 Å². The van der Waals surface area contributed by atoms with Gasteiger partial charge in [0.15, 0.2) is 0 Å². The summed E-state index contributed by atoms with van der Waals surface area (Å²) in [5, 5.41) is 15.3. The fraction of sp³-hybridized carbons (Fsp3) is 0.368. The van der Waals surface area contributed by atoms with Gasteiger partial charge in [-0.25, -0.2) is 0 Å². The Balaban J connectivity index is 1.40. The molecule has 1 aliphatic carbocycles. The third-order valence-electron chi connectivity index (χ3n) is 4.43. The van der Waals surface area contributed by atoms with Crippen molar-refractivity contribution in [3.05, 3.63) is 64.6 Å². The highest BCUT2D eigenvalue weighted by Crippen LogP contribution is 2.38. The van der Waals surface area contributed by atoms with Crippen LogP contribution in [0.3, 0.4) is 0 Å². The quantitative estimate of drug-likeness (QED) is 0.738. The zero-order chi connectivity index (χ0) is 18.1. The van der Waals surface area contributed by atoms with E-state index >= 15 is 0 Å². The van der Waals surface area contributed by atoms with Crippen molar-refractivity contribution in [1.29, 1.82) is 0 Å². The average molecular weight is 351 g/mol. The van der Waals surface area contributed by atoms with Gasteiger partial charge in [-0.3, -0.25) is 9.48 Å². The molecule has 2 heterocycles. The SMILES string of the molecule is Cc1cc(C)n(Cc2cccc(C(=O)NCc3nnc(C4CC4)o3)c2)n1. The van der Waals surface area contributed by atoms with Crippen LogP contribution in [0.15, 0.2) is 34.7 Å². The first-order chi connectivity index (χ1) is 12.6. The van der Waals surface area contributed by atoms with Gasteiger partial charge in [0.2, 0.25) is 11.8 Å². The molecule has 0 aliphatic heterocycles. The van der Waals surface area contributed by atoms with E-state index in [0.29, 0.717) is 29.8 Å². The maximum Gasteiger partial charge on any atom is 0.251 e. The van der Waals surface area contributed by atoms with Crippen molar-refractivity contribution >= 4 is 5.91 Å². The van der Waals surface area contributed by atoms with Crippen LogP contribution in [0.4, 0.5) is 0 Å². The van der Waals surface area contributed by atoms with Crippen molar-refractivity contribution in [3.8, 4) is 0 Å². The van der Waals surface area contributed by atoms with Gasteiger partial charge in [-0.2, -0.15) is 5.10 Å². The predicted octanol–water partition coefficient (Wildman–Crippen LogP) is 2.74. The Labute approximate surface area is 151 Å². The number of amides is 1. The van der Waals surface area contributed by atoms with Gasteiger partial charge >= 0.3 is 0 Å². The van der Waals surface area contributed by atoms with Crippen molar-refractivity contribution < 1.29 is 9.21 Å². The topological polar surface area (TPSA) is 85.8 Å². The molecular weight excluding hydrogens is 330 g/mol. The van der Waals surface area contributed by atoms with Crippen LogP contribution in [0.2, 0.25) is 0 Å². The fourth-order valence-electron chi connectivity index (χ4n) is 2.91. The molecule has 1 saturated carbocycles. The summed E-state index contributed by atoms with van der Waals surface area (Å²) in [5.74, 6) is 1.38. The van der Waals surface area contributed by atoms with Crippen LogP contribution in [-0.2, 0) is 13.1 Å². The molecule has 7 heteroatoms. The van der Waals surface area contributed by atoms with E-state index in [1.54, 1.807) is 6.07 Å². The van der Waals surface area contributed by atoms with Gasteiger partial charge in [0.25, 0.3) is 5.91 Å². The third kappa shape index (κ3) is 3.66. The molecule has 1 aromatic carbocycles. The minimum Gasteiger partial charge on any atom is -0.423 e. The van der Waals surface area contributed by atoms with Crippen LogP contribution in [0.5, 0.6) is 0 Å². The van der Waals surface area contributed by atoms with Crippen LogP contribution >= 0.6 is 0 Å². The van der Waals surface area contributed by atoms with Crippen LogP contribution in [0.25, 0.3) is 0 Å². The average Bonchev–Trinajstić information content (AvgIpc) is 3.29. The highest BCUT2D eigenvalue weighted by atomic mass is 16.4. The van der Waals surface area contributed by atoms with Crippen molar-refractivity contribution in [1.82, 2.24) is 25.3 Å². The van der Waals surface area contributed by atoms with Crippen LogP contribution in [0, 0.1) is 13.8 Å². The zero-order valence-electron chi connectivity index (χ0n) is 14.9. The molecule has 4 rings (SSSR count). The molecule has 0 spiro atoms. The first-order valence-electron chi connectivity index (χ1n) is 8.79. The lowest BCUT2D eigenvalue weighted by Gasteiger charge is -2.07. The molecular formula is C19H21N5O2. The minimum atomic E-state index is -0.161. The molecule has 1 aliphatic rings. The molecule has 0 unspecified atom stereocenters. The number of carbonyl (C=O) groups excluding carboxylic acids is 1. The number of nitrogens with zero attached hydrogens (tertiary/aromatic N) is 4. The molecule has 1 N–H and O–H groups in total. The monoisotopic (exact) mass is 351 g/mol. The van der Waals surface area contributed by atoms with E-state index in [0.717, 1.165) is 29.8 Å². The van der Waals surface area contributed by atoms with Gasteiger partial charge in [-0.05, 0) is 50.5 Å². The molecule has 0 saturated heterocycles. The Hall–Kier alpha value is -2.96. The summed E-state index contributed by atoms with van der Waals surface area (Å²) < 4.78 is 7.50. The van der Waals surface area contributed by atoms with Crippen LogP contribution in [-0.4, -0.2) is 25.9 Å². The lowest BCUT2D eigenvalue weighted by molar-refractivity contribution is 0.0947. The Morgan fingerprint density at radius 2 is 2.12 bits per heavy atom. The van der Waals surface area contributed by atoms with E-state index in [-0.39, 0.29) is 12.5 Å². The Bertz CT molecular complexity index is 939. The van der Waals surface area contributed by atoms with Crippen molar-refractivity contribution in [3.63, 3.8) is 0 Å². The summed E-state index contributed by atoms with van der Waals surface area (Å²) in [6.45, 7) is 4.87. The largest absolute Gasteiger partial charge is 0.423 e. The van der Waals surface area contributed by atoms with Crippen LogP contribution in [0.1, 0.15) is 57.9 Å². The lowest BCUT2D eigenvalue weighted by atomic mass is 10.1. The highest BCUT2D eigenvalue weighted by Gasteiger charge is 2.29. The fourth-order valence-corrected chi connectivity index (χ4v) is 2.91. The second kappa shape index (κ2) is 6.74. The summed E-state index contributed by atoms with van der Waals surface area (Å²) in [6, 6.07) is 9.59. The van der Waals surface area contributed by atoms with Crippen molar-refractivity contribution in [2.24, 2.45) is 0 Å². The normalized spacial score (nSPS) is 13.8. The van der Waals surface area contributed by atoms with Gasteiger partial charge in [-0.1, -0.05) is 12.1 Å². The van der Waals surface area contributed by atoms with E-state index < -0.39 is 0 Å². The molecule has 0 atom stereocenters. The summed E-state index contributed by atoms with van der Waals surface area (Å²) in [7, 11) is 0. The number of benzene rings is 1. The predicted molar refractivity (Wildman–Crippen MR) is 94.7 cm³/mol. The van der Waals surface area contributed by atoms with Gasteiger partial charge in [-0.15, -0.1) is 10.2 Å². The Morgan fingerprint density at radius 1 is 1.27 bits per heavy atom. The first-order valence-corrected chi connectivity index (χ1v) is 8.79. The molecule has 134 valence electrons. The van der Waals surface area contributed by atoms with Crippen LogP contribution < -0.4 is 5.32 Å². The van der Waals surface area contributed by atoms with E-state index in [9.17, 15) is 4.79 Å². The highest BCUT2D eigenvalue weighted by molar-refractivity contribution is 5.94. The first kappa shape index (κ1) is 16.5. The molecule has 3 aromatic rings. The van der Waals surface area contributed by atoms with Gasteiger partial charge in [0, 0.05) is 17.2 Å². The lowest BCUT2D eigenvalue weighted by Crippen LogP contribution is -2.23. The second-order valence-electron chi connectivity index (χ2n) is 6.78. The van der Waals surface area contributed by atoms with Crippen molar-refractivity contribution in [2.45, 2.75) is 45.7 Å². The molecule has 0 radical (unpaired) electrons. The number of hydrogen-bond acceptors (Lipinski definition) is 5. The zero-order valence-corrected chi connectivity index (χ0v) is 14.9. The maximum absolute atomic E-state index is 12.4. The maximum atomic E-state index is 12.4. The number of aryl methyl sites for hydroxylation is 2. The summed E-state index contributed by atoms with van der Waals surface area (Å²) in [6.07, 6.45) is 2.21. The number of aromatic nitrogens is 4. The molecule has 0 bridgehead atoms. The standard InChI is InChI=1S/C19H21N5O2/c1-12-8-13(2)24(23-12)11-14-4-3-5-16(9-14)18(25)20-10-17-21-22-19(26-17)15-6-7-15/h3-5,8-9,15H,6-7,10-11H2,1-2H3,(H,20,25). The van der Waals surface area contributed by atoms with Gasteiger partial charge in [0.1, 0.15) is 0 Å². The third-order valence-corrected chi connectivity index (χ3v) is 4.43. The summed E-state index contributed by atoms with van der Waals surface area (Å²) in [5.41, 5.74) is 3.71. The Kier molecular flexibility index (Phi) is 4.28. The van der Waals surface area contributed by atoms with Gasteiger partial charge < -0.3 is 9.73 Å². The summed E-state index contributed by atoms with van der Waals surface area (Å²) >= 11 is 0. The second-order valence-corrected chi connectivity index (χ2v) is 6.78. The number of nitrogens with one attached hydrogen (secondary N) is 1. The van der Waals surface area contributed by atoms with E-state index in [2.05, 4.69) is 20.6 Å². The molecule has 7 nitrogen and oxygen atoms in total. The smallest absolute Gasteiger partial charge is 0.251 e. The molecule has 1 fully saturated rings. The molecule has 26 heavy (non-hydrogen) atoms. The summed E-state index contributed by atoms with van der Waals surface area (Å²) in [4.78, 5) is 12.4. The van der Waals surface area contributed by atoms with Gasteiger partial charge in [0.05, 0.1) is 18.8 Å². The number of rotatable bonds is 6.